The number of nitrogens with one attached hydrogen (secondary N) is 1. The van der Waals surface area contributed by atoms with Gasteiger partial charge < -0.3 is 5.32 Å². The van der Waals surface area contributed by atoms with Crippen molar-refractivity contribution in [1.29, 1.82) is 0 Å². The Labute approximate surface area is 121 Å². The third-order valence-corrected chi connectivity index (χ3v) is 3.90. The minimum absolute atomic E-state index is 0.518. The van der Waals surface area contributed by atoms with Gasteiger partial charge in [-0.2, -0.15) is 0 Å². The topological polar surface area (TPSA) is 12.0 Å². The Morgan fingerprint density at radius 2 is 1.80 bits per heavy atom. The zero-order valence-corrected chi connectivity index (χ0v) is 12.0. The van der Waals surface area contributed by atoms with Crippen molar-refractivity contribution in [3.63, 3.8) is 0 Å². The van der Waals surface area contributed by atoms with Crippen molar-refractivity contribution in [2.75, 3.05) is 5.32 Å². The van der Waals surface area contributed by atoms with Crippen LogP contribution >= 0.6 is 0 Å². The predicted molar refractivity (Wildman–Crippen MR) is 86.6 cm³/mol. The molecule has 3 rings (SSSR count). The van der Waals surface area contributed by atoms with Gasteiger partial charge in [0.15, 0.2) is 0 Å². The molecule has 1 aromatic carbocycles. The van der Waals surface area contributed by atoms with Gasteiger partial charge >= 0.3 is 0 Å². The van der Waals surface area contributed by atoms with E-state index in [1.807, 2.05) is 0 Å². The summed E-state index contributed by atoms with van der Waals surface area (Å²) in [6.07, 6.45) is 17.0. The van der Waals surface area contributed by atoms with Crippen LogP contribution in [-0.2, 0) is 0 Å². The summed E-state index contributed by atoms with van der Waals surface area (Å²) in [5, 5.41) is 3.59. The maximum atomic E-state index is 3.59. The van der Waals surface area contributed by atoms with E-state index in [2.05, 4.69) is 73.0 Å². The standard InChI is InChI=1S/C19H21N/c1-15-11-13-17(14-12-15)20-19-10-6-5-9-18(19)16-7-3-2-4-8-16/h2-4,7,9-14,16,20H,5-6,8H2,1H3. The van der Waals surface area contributed by atoms with Crippen LogP contribution in [-0.4, -0.2) is 0 Å². The summed E-state index contributed by atoms with van der Waals surface area (Å²) in [5.74, 6) is 0.518. The van der Waals surface area contributed by atoms with Crippen molar-refractivity contribution in [2.24, 2.45) is 5.92 Å². The fraction of sp³-hybridized carbons (Fsp3) is 0.263. The van der Waals surface area contributed by atoms with Gasteiger partial charge in [-0.1, -0.05) is 54.2 Å². The SMILES string of the molecule is Cc1ccc(NC2=CCCC=C2C2C=CC=CC2)cc1. The van der Waals surface area contributed by atoms with E-state index in [9.17, 15) is 0 Å². The average Bonchev–Trinajstić information content (AvgIpc) is 2.51. The maximum Gasteiger partial charge on any atom is 0.0384 e. The highest BCUT2D eigenvalue weighted by molar-refractivity contribution is 5.55. The van der Waals surface area contributed by atoms with Crippen molar-refractivity contribution < 1.29 is 0 Å². The largest absolute Gasteiger partial charge is 0.356 e. The first kappa shape index (κ1) is 13.0. The van der Waals surface area contributed by atoms with Gasteiger partial charge in [-0.3, -0.25) is 0 Å². The summed E-state index contributed by atoms with van der Waals surface area (Å²) >= 11 is 0. The van der Waals surface area contributed by atoms with E-state index in [4.69, 9.17) is 0 Å². The van der Waals surface area contributed by atoms with Crippen LogP contribution in [0.4, 0.5) is 5.69 Å². The molecule has 1 nitrogen and oxygen atoms in total. The molecule has 1 aromatic rings. The summed E-state index contributed by atoms with van der Waals surface area (Å²) in [5.41, 5.74) is 5.19. The number of allylic oxidation sites excluding steroid dienone is 7. The third kappa shape index (κ3) is 2.93. The lowest BCUT2D eigenvalue weighted by Gasteiger charge is -2.24. The predicted octanol–water partition coefficient (Wildman–Crippen LogP) is 5.14. The van der Waals surface area contributed by atoms with Gasteiger partial charge in [0, 0.05) is 17.3 Å². The Kier molecular flexibility index (Phi) is 3.87. The second kappa shape index (κ2) is 5.96. The number of benzene rings is 1. The molecule has 0 amide bonds. The van der Waals surface area contributed by atoms with Crippen LogP contribution in [0.5, 0.6) is 0 Å². The summed E-state index contributed by atoms with van der Waals surface area (Å²) < 4.78 is 0. The van der Waals surface area contributed by atoms with Crippen LogP contribution in [0.25, 0.3) is 0 Å². The quantitative estimate of drug-likeness (QED) is 0.796. The fourth-order valence-corrected chi connectivity index (χ4v) is 2.77. The third-order valence-electron chi connectivity index (χ3n) is 3.90. The lowest BCUT2D eigenvalue weighted by Crippen LogP contribution is -2.13. The van der Waals surface area contributed by atoms with Crippen LogP contribution < -0.4 is 5.32 Å². The molecule has 1 unspecified atom stereocenters. The number of hydrogen-bond acceptors (Lipinski definition) is 1. The smallest absolute Gasteiger partial charge is 0.0384 e. The average molecular weight is 263 g/mol. The van der Waals surface area contributed by atoms with Gasteiger partial charge in [0.1, 0.15) is 0 Å². The minimum Gasteiger partial charge on any atom is -0.356 e. The Balaban J connectivity index is 1.78. The van der Waals surface area contributed by atoms with Gasteiger partial charge in [0.25, 0.3) is 0 Å². The Morgan fingerprint density at radius 1 is 1.00 bits per heavy atom. The Bertz CT molecular complexity index is 585. The number of rotatable bonds is 3. The molecule has 1 atom stereocenters. The first-order chi connectivity index (χ1) is 9.83. The molecule has 1 N–H and O–H groups in total. The molecular weight excluding hydrogens is 242 g/mol. The lowest BCUT2D eigenvalue weighted by molar-refractivity contribution is 0.756. The molecule has 0 radical (unpaired) electrons. The molecule has 0 aliphatic heterocycles. The molecule has 0 saturated carbocycles. The highest BCUT2D eigenvalue weighted by Gasteiger charge is 2.17. The fourth-order valence-electron chi connectivity index (χ4n) is 2.77. The summed E-state index contributed by atoms with van der Waals surface area (Å²) in [7, 11) is 0. The van der Waals surface area contributed by atoms with Crippen molar-refractivity contribution in [2.45, 2.75) is 26.2 Å². The molecule has 1 heteroatoms. The number of hydrogen-bond donors (Lipinski definition) is 1. The van der Waals surface area contributed by atoms with Gasteiger partial charge in [-0.05, 0) is 43.9 Å². The normalized spacial score (nSPS) is 21.4. The zero-order valence-electron chi connectivity index (χ0n) is 12.0. The second-order valence-electron chi connectivity index (χ2n) is 5.50. The molecule has 0 saturated heterocycles. The maximum absolute atomic E-state index is 3.59. The van der Waals surface area contributed by atoms with Crippen molar-refractivity contribution in [3.8, 4) is 0 Å². The molecule has 20 heavy (non-hydrogen) atoms. The van der Waals surface area contributed by atoms with Crippen LogP contribution in [0.15, 0.2) is 72.0 Å². The monoisotopic (exact) mass is 263 g/mol. The minimum atomic E-state index is 0.518. The highest BCUT2D eigenvalue weighted by Crippen LogP contribution is 2.31. The molecule has 0 fully saturated rings. The van der Waals surface area contributed by atoms with Gasteiger partial charge in [0.2, 0.25) is 0 Å². The molecule has 2 aliphatic rings. The van der Waals surface area contributed by atoms with Crippen molar-refractivity contribution in [3.05, 3.63) is 77.6 Å². The molecule has 0 spiro atoms. The van der Waals surface area contributed by atoms with Crippen molar-refractivity contribution in [1.82, 2.24) is 0 Å². The number of anilines is 1. The van der Waals surface area contributed by atoms with E-state index < -0.39 is 0 Å². The summed E-state index contributed by atoms with van der Waals surface area (Å²) in [4.78, 5) is 0. The van der Waals surface area contributed by atoms with Crippen LogP contribution in [0.1, 0.15) is 24.8 Å². The molecular formula is C19H21N. The van der Waals surface area contributed by atoms with Crippen molar-refractivity contribution >= 4 is 5.69 Å². The van der Waals surface area contributed by atoms with Crippen LogP contribution in [0.2, 0.25) is 0 Å². The summed E-state index contributed by atoms with van der Waals surface area (Å²) in [6.45, 7) is 2.12. The first-order valence-electron chi connectivity index (χ1n) is 7.40. The zero-order chi connectivity index (χ0) is 13.8. The number of aryl methyl sites for hydroxylation is 1. The Morgan fingerprint density at radius 3 is 2.55 bits per heavy atom. The molecule has 102 valence electrons. The molecule has 2 aliphatic carbocycles. The van der Waals surface area contributed by atoms with E-state index in [1.165, 1.54) is 22.5 Å². The van der Waals surface area contributed by atoms with Gasteiger partial charge in [0.05, 0.1) is 0 Å². The summed E-state index contributed by atoms with van der Waals surface area (Å²) in [6, 6.07) is 8.61. The van der Waals surface area contributed by atoms with E-state index in [1.54, 1.807) is 0 Å². The molecule has 0 aromatic heterocycles. The lowest BCUT2D eigenvalue weighted by atomic mass is 9.86. The van der Waals surface area contributed by atoms with E-state index in [0.717, 1.165) is 19.3 Å². The second-order valence-corrected chi connectivity index (χ2v) is 5.50. The Hall–Kier alpha value is -2.02. The van der Waals surface area contributed by atoms with Crippen LogP contribution in [0.3, 0.4) is 0 Å². The molecule has 0 bridgehead atoms. The molecule has 0 heterocycles. The van der Waals surface area contributed by atoms with Gasteiger partial charge in [-0.15, -0.1) is 0 Å². The van der Waals surface area contributed by atoms with E-state index in [0.29, 0.717) is 5.92 Å². The van der Waals surface area contributed by atoms with E-state index >= 15 is 0 Å². The van der Waals surface area contributed by atoms with Gasteiger partial charge in [-0.25, -0.2) is 0 Å². The highest BCUT2D eigenvalue weighted by atomic mass is 14.9. The van der Waals surface area contributed by atoms with E-state index in [-0.39, 0.29) is 0 Å². The van der Waals surface area contributed by atoms with Crippen LogP contribution in [0, 0.1) is 12.8 Å². The first-order valence-corrected chi connectivity index (χ1v) is 7.40.